The molecule has 1 aliphatic rings. The standard InChI is InChI=1S/C23H18F2N4O2/c1-28-10-17-16(5-4-14(12-30)21(17)27-28)15-7-19(24)18(20(25)8-15)11-29-9-13-3-2-6-26-22(13)23(29)31/h2-8,10,30H,9,11-12H2,1H3/i12D2. The first-order chi connectivity index (χ1) is 15.6. The van der Waals surface area contributed by atoms with E-state index in [1.807, 2.05) is 0 Å². The molecule has 3 heterocycles. The molecule has 0 radical (unpaired) electrons. The van der Waals surface area contributed by atoms with Crippen LogP contribution >= 0.6 is 0 Å². The smallest absolute Gasteiger partial charge is 0.273 e. The number of amides is 1. The SMILES string of the molecule is [2H]C([2H])(O)c1ccc(-c2cc(F)c(CN3Cc4cccnc4C3=O)c(F)c2)c2cn(C)nc12. The molecule has 2 aromatic carbocycles. The molecule has 0 saturated heterocycles. The molecule has 0 unspecified atom stereocenters. The van der Waals surface area contributed by atoms with Gasteiger partial charge in [0.15, 0.2) is 0 Å². The number of carbonyl (C=O) groups is 1. The fourth-order valence-corrected chi connectivity index (χ4v) is 3.98. The van der Waals surface area contributed by atoms with Crippen molar-refractivity contribution in [3.8, 4) is 11.1 Å². The van der Waals surface area contributed by atoms with Gasteiger partial charge in [0.25, 0.3) is 5.91 Å². The lowest BCUT2D eigenvalue weighted by atomic mass is 9.98. The summed E-state index contributed by atoms with van der Waals surface area (Å²) in [5.74, 6) is -1.99. The van der Waals surface area contributed by atoms with Gasteiger partial charge in [-0.15, -0.1) is 0 Å². The van der Waals surface area contributed by atoms with Gasteiger partial charge in [0.1, 0.15) is 17.3 Å². The van der Waals surface area contributed by atoms with E-state index < -0.39 is 18.2 Å². The van der Waals surface area contributed by atoms with Gasteiger partial charge in [-0.05, 0) is 29.3 Å². The van der Waals surface area contributed by atoms with Gasteiger partial charge in [0, 0.05) is 48.1 Å². The molecule has 0 bridgehead atoms. The fourth-order valence-electron chi connectivity index (χ4n) is 3.98. The Morgan fingerprint density at radius 3 is 2.71 bits per heavy atom. The number of aromatic nitrogens is 3. The van der Waals surface area contributed by atoms with E-state index in [9.17, 15) is 9.90 Å². The topological polar surface area (TPSA) is 71.2 Å². The highest BCUT2D eigenvalue weighted by Crippen LogP contribution is 2.33. The number of fused-ring (bicyclic) bond motifs is 2. The van der Waals surface area contributed by atoms with E-state index in [2.05, 4.69) is 10.1 Å². The zero-order valence-electron chi connectivity index (χ0n) is 18.4. The maximum atomic E-state index is 15.1. The van der Waals surface area contributed by atoms with Gasteiger partial charge in [-0.1, -0.05) is 18.2 Å². The molecule has 0 atom stereocenters. The summed E-state index contributed by atoms with van der Waals surface area (Å²) in [5, 5.41) is 14.5. The lowest BCUT2D eigenvalue weighted by molar-refractivity contribution is 0.0759. The number of nitrogens with zero attached hydrogens (tertiary/aromatic N) is 4. The summed E-state index contributed by atoms with van der Waals surface area (Å²) in [7, 11) is 1.63. The average Bonchev–Trinajstić information content (AvgIpc) is 3.28. The molecule has 0 saturated carbocycles. The van der Waals surface area contributed by atoms with Crippen molar-refractivity contribution in [1.82, 2.24) is 19.7 Å². The van der Waals surface area contributed by atoms with Crippen LogP contribution in [0.5, 0.6) is 0 Å². The molecule has 2 aromatic heterocycles. The number of hydrogen-bond donors (Lipinski definition) is 1. The van der Waals surface area contributed by atoms with Gasteiger partial charge in [-0.3, -0.25) is 14.5 Å². The van der Waals surface area contributed by atoms with Crippen LogP contribution in [0, 0.1) is 11.6 Å². The first kappa shape index (κ1) is 17.1. The second-order valence-electron chi connectivity index (χ2n) is 7.43. The summed E-state index contributed by atoms with van der Waals surface area (Å²) in [4.78, 5) is 17.9. The summed E-state index contributed by atoms with van der Waals surface area (Å²) in [6.45, 7) is -2.64. The van der Waals surface area contributed by atoms with Gasteiger partial charge >= 0.3 is 0 Å². The number of pyridine rings is 1. The predicted molar refractivity (Wildman–Crippen MR) is 110 cm³/mol. The van der Waals surface area contributed by atoms with Crippen molar-refractivity contribution in [2.45, 2.75) is 19.6 Å². The highest BCUT2D eigenvalue weighted by molar-refractivity contribution is 5.97. The summed E-state index contributed by atoms with van der Waals surface area (Å²) in [6, 6.07) is 8.67. The van der Waals surface area contributed by atoms with Crippen LogP contribution in [0.4, 0.5) is 8.78 Å². The van der Waals surface area contributed by atoms with Gasteiger partial charge in [-0.2, -0.15) is 5.10 Å². The van der Waals surface area contributed by atoms with Crippen molar-refractivity contribution < 1.29 is 21.4 Å². The molecule has 0 fully saturated rings. The first-order valence-corrected chi connectivity index (χ1v) is 9.54. The largest absolute Gasteiger partial charge is 0.392 e. The maximum absolute atomic E-state index is 15.1. The summed E-state index contributed by atoms with van der Waals surface area (Å²) >= 11 is 0. The molecule has 1 aliphatic heterocycles. The van der Waals surface area contributed by atoms with Gasteiger partial charge in [0.2, 0.25) is 0 Å². The lowest BCUT2D eigenvalue weighted by Crippen LogP contribution is -2.24. The molecule has 0 aliphatic carbocycles. The Balaban J connectivity index is 1.53. The van der Waals surface area contributed by atoms with Gasteiger partial charge in [0.05, 0.1) is 21.4 Å². The van der Waals surface area contributed by atoms with E-state index in [0.29, 0.717) is 16.5 Å². The summed E-state index contributed by atoms with van der Waals surface area (Å²) in [5.41, 5.74) is 1.59. The molecule has 1 N–H and O–H groups in total. The average molecular weight is 422 g/mol. The number of rotatable bonds is 4. The quantitative estimate of drug-likeness (QED) is 0.546. The Morgan fingerprint density at radius 1 is 1.23 bits per heavy atom. The Labute approximate surface area is 179 Å². The number of halogens is 2. The number of carbonyl (C=O) groups excluding carboxylic acids is 1. The Kier molecular flexibility index (Phi) is 3.99. The second-order valence-corrected chi connectivity index (χ2v) is 7.43. The van der Waals surface area contributed by atoms with Crippen LogP contribution in [-0.4, -0.2) is 30.7 Å². The van der Waals surface area contributed by atoms with Gasteiger partial charge < -0.3 is 10.0 Å². The van der Waals surface area contributed by atoms with E-state index in [0.717, 1.165) is 0 Å². The molecule has 156 valence electrons. The first-order valence-electron chi connectivity index (χ1n) is 10.5. The van der Waals surface area contributed by atoms with E-state index >= 15 is 8.78 Å². The third kappa shape index (κ3) is 3.16. The molecule has 31 heavy (non-hydrogen) atoms. The minimum absolute atomic E-state index is 0.0415. The molecular weight excluding hydrogens is 402 g/mol. The van der Waals surface area contributed by atoms with Crippen molar-refractivity contribution in [3.05, 3.63) is 82.8 Å². The fraction of sp³-hybridized carbons (Fsp3) is 0.174. The van der Waals surface area contributed by atoms with Crippen LogP contribution < -0.4 is 0 Å². The van der Waals surface area contributed by atoms with Crippen LogP contribution in [0.25, 0.3) is 22.0 Å². The van der Waals surface area contributed by atoms with Crippen molar-refractivity contribution in [2.24, 2.45) is 7.05 Å². The summed E-state index contributed by atoms with van der Waals surface area (Å²) in [6.07, 6.45) is 3.10. The second kappa shape index (κ2) is 7.24. The lowest BCUT2D eigenvalue weighted by Gasteiger charge is -2.17. The third-order valence-electron chi connectivity index (χ3n) is 5.45. The predicted octanol–water partition coefficient (Wildman–Crippen LogP) is 3.56. The highest BCUT2D eigenvalue weighted by atomic mass is 19.1. The maximum Gasteiger partial charge on any atom is 0.273 e. The zero-order chi connectivity index (χ0) is 23.5. The Morgan fingerprint density at radius 2 is 2.00 bits per heavy atom. The molecule has 4 aromatic rings. The van der Waals surface area contributed by atoms with Crippen LogP contribution in [0.3, 0.4) is 0 Å². The molecule has 5 rings (SSSR count). The molecule has 8 heteroatoms. The van der Waals surface area contributed by atoms with Crippen LogP contribution in [0.15, 0.2) is 48.8 Å². The number of aliphatic hydroxyl groups is 1. The normalized spacial score (nSPS) is 14.7. The number of hydrogen-bond acceptors (Lipinski definition) is 4. The third-order valence-corrected chi connectivity index (χ3v) is 5.45. The monoisotopic (exact) mass is 422 g/mol. The Hall–Kier alpha value is -3.65. The van der Waals surface area contributed by atoms with Crippen molar-refractivity contribution >= 4 is 16.8 Å². The van der Waals surface area contributed by atoms with Crippen LogP contribution in [0.2, 0.25) is 0 Å². The number of aryl methyl sites for hydroxylation is 1. The minimum atomic E-state index is -2.62. The highest BCUT2D eigenvalue weighted by Gasteiger charge is 2.30. The van der Waals surface area contributed by atoms with Crippen LogP contribution in [0.1, 0.15) is 29.9 Å². The molecule has 1 amide bonds. The van der Waals surface area contributed by atoms with Crippen molar-refractivity contribution in [3.63, 3.8) is 0 Å². The van der Waals surface area contributed by atoms with E-state index in [4.69, 9.17) is 2.74 Å². The summed E-state index contributed by atoms with van der Waals surface area (Å²) < 4.78 is 46.8. The van der Waals surface area contributed by atoms with Gasteiger partial charge in [-0.25, -0.2) is 8.78 Å². The van der Waals surface area contributed by atoms with Crippen LogP contribution in [-0.2, 0) is 26.7 Å². The molecular formula is C23H18F2N4O2. The van der Waals surface area contributed by atoms with E-state index in [-0.39, 0.29) is 46.9 Å². The van der Waals surface area contributed by atoms with Crippen molar-refractivity contribution in [2.75, 3.05) is 0 Å². The van der Waals surface area contributed by atoms with Crippen molar-refractivity contribution in [1.29, 1.82) is 0 Å². The van der Waals surface area contributed by atoms with E-state index in [1.165, 1.54) is 40.0 Å². The zero-order valence-corrected chi connectivity index (χ0v) is 16.4. The Bertz CT molecular complexity index is 1410. The molecule has 0 spiro atoms. The van der Waals surface area contributed by atoms with E-state index in [1.54, 1.807) is 25.4 Å². The minimum Gasteiger partial charge on any atom is -0.392 e. The molecule has 6 nitrogen and oxygen atoms in total. The number of benzene rings is 2.